The van der Waals surface area contributed by atoms with E-state index in [2.05, 4.69) is 34.5 Å². The molecule has 2 fully saturated rings. The van der Waals surface area contributed by atoms with Crippen LogP contribution in [0.2, 0.25) is 0 Å². The van der Waals surface area contributed by atoms with Crippen molar-refractivity contribution in [1.82, 2.24) is 15.1 Å². The molecule has 2 saturated heterocycles. The van der Waals surface area contributed by atoms with Gasteiger partial charge in [-0.25, -0.2) is 4.79 Å². The van der Waals surface area contributed by atoms with E-state index in [1.54, 1.807) is 6.92 Å². The molecule has 0 saturated carbocycles. The molecule has 2 aliphatic rings. The fourth-order valence-corrected chi connectivity index (χ4v) is 3.94. The monoisotopic (exact) mass is 457 g/mol. The summed E-state index contributed by atoms with van der Waals surface area (Å²) in [6.07, 6.45) is 3.04. The Morgan fingerprint density at radius 1 is 1.12 bits per heavy atom. The molecule has 2 heterocycles. The molecule has 1 aromatic rings. The largest absolute Gasteiger partial charge is 0.464 e. The summed E-state index contributed by atoms with van der Waals surface area (Å²) in [6.45, 7) is 9.59. The highest BCUT2D eigenvalue weighted by atomic mass is 16.6. The third-order valence-corrected chi connectivity index (χ3v) is 5.75. The Bertz CT molecular complexity index is 834. The van der Waals surface area contributed by atoms with Crippen LogP contribution >= 0.6 is 0 Å². The van der Waals surface area contributed by atoms with Gasteiger partial charge in [-0.05, 0) is 24.8 Å². The number of hydrogen-bond donors (Lipinski definition) is 1. The first-order valence-electron chi connectivity index (χ1n) is 11.7. The summed E-state index contributed by atoms with van der Waals surface area (Å²) < 4.78 is 10.1. The van der Waals surface area contributed by atoms with E-state index in [4.69, 9.17) is 9.47 Å². The number of nitrogens with zero attached hydrogens (tertiary/aromatic N) is 2. The number of rotatable bonds is 10. The Balaban J connectivity index is 1.48. The quantitative estimate of drug-likeness (QED) is 0.425. The first-order chi connectivity index (χ1) is 15.9. The smallest absolute Gasteiger partial charge is 0.338 e. The second kappa shape index (κ2) is 12.0. The number of nitrogens with one attached hydrogen (secondary N) is 1. The molecule has 0 radical (unpaired) electrons. The normalized spacial score (nSPS) is 21.8. The lowest BCUT2D eigenvalue weighted by Gasteiger charge is -2.36. The minimum Gasteiger partial charge on any atom is -0.464 e. The van der Waals surface area contributed by atoms with Gasteiger partial charge in [0.1, 0.15) is 6.04 Å². The molecule has 1 N–H and O–H groups in total. The van der Waals surface area contributed by atoms with E-state index in [9.17, 15) is 14.4 Å². The van der Waals surface area contributed by atoms with E-state index >= 15 is 0 Å². The van der Waals surface area contributed by atoms with Crippen molar-refractivity contribution < 1.29 is 23.9 Å². The fourth-order valence-electron chi connectivity index (χ4n) is 3.94. The first-order valence-corrected chi connectivity index (χ1v) is 11.7. The van der Waals surface area contributed by atoms with Gasteiger partial charge in [0.05, 0.1) is 6.61 Å². The highest BCUT2D eigenvalue weighted by Gasteiger charge is 2.52. The zero-order chi connectivity index (χ0) is 23.8. The van der Waals surface area contributed by atoms with Gasteiger partial charge in [0.25, 0.3) is 5.91 Å². The van der Waals surface area contributed by atoms with Gasteiger partial charge < -0.3 is 19.7 Å². The first kappa shape index (κ1) is 24.9. The summed E-state index contributed by atoms with van der Waals surface area (Å²) in [6, 6.07) is 9.54. The Morgan fingerprint density at radius 2 is 1.82 bits per heavy atom. The topological polar surface area (TPSA) is 91.5 Å². The molecule has 3 rings (SSSR count). The lowest BCUT2D eigenvalue weighted by Crippen LogP contribution is -2.55. The van der Waals surface area contributed by atoms with Gasteiger partial charge >= 0.3 is 5.97 Å². The molecular weight excluding hydrogens is 422 g/mol. The Kier molecular flexibility index (Phi) is 9.03. The van der Waals surface area contributed by atoms with Crippen LogP contribution in [-0.4, -0.2) is 85.2 Å². The van der Waals surface area contributed by atoms with Crippen LogP contribution in [0, 0.1) is 5.92 Å². The maximum absolute atomic E-state index is 13.2. The van der Waals surface area contributed by atoms with Gasteiger partial charge in [-0.3, -0.25) is 14.5 Å². The number of hydrogen-bond acceptors (Lipinski definition) is 6. The summed E-state index contributed by atoms with van der Waals surface area (Å²) in [7, 11) is 0. The number of piperazine rings is 1. The predicted molar refractivity (Wildman–Crippen MR) is 125 cm³/mol. The van der Waals surface area contributed by atoms with Crippen LogP contribution in [0.15, 0.2) is 36.4 Å². The molecular formula is C25H35N3O5. The van der Waals surface area contributed by atoms with E-state index in [0.29, 0.717) is 19.5 Å². The van der Waals surface area contributed by atoms with Gasteiger partial charge in [-0.2, -0.15) is 0 Å². The highest BCUT2D eigenvalue weighted by molar-refractivity contribution is 5.95. The number of benzene rings is 1. The molecule has 33 heavy (non-hydrogen) atoms. The fraction of sp³-hybridized carbons (Fsp3) is 0.560. The SMILES string of the molecule is CCOC(=O)[C@H]1O[C@@H]1C(=O)N[C@@H](CC(C)C)C(=O)N1CCN(CC=Cc2ccccc2)CC1. The number of amides is 2. The van der Waals surface area contributed by atoms with E-state index in [1.807, 2.05) is 36.9 Å². The van der Waals surface area contributed by atoms with Crippen molar-refractivity contribution in [1.29, 1.82) is 0 Å². The van der Waals surface area contributed by atoms with Crippen LogP contribution in [0.4, 0.5) is 0 Å². The van der Waals surface area contributed by atoms with Gasteiger partial charge in [-0.1, -0.05) is 56.3 Å². The lowest BCUT2D eigenvalue weighted by molar-refractivity contribution is -0.144. The molecule has 0 unspecified atom stereocenters. The summed E-state index contributed by atoms with van der Waals surface area (Å²) in [5, 5.41) is 2.81. The molecule has 180 valence electrons. The Hall–Kier alpha value is -2.71. The van der Waals surface area contributed by atoms with Crippen LogP contribution < -0.4 is 5.32 Å². The molecule has 8 nitrogen and oxygen atoms in total. The Morgan fingerprint density at radius 3 is 2.45 bits per heavy atom. The maximum atomic E-state index is 13.2. The zero-order valence-corrected chi connectivity index (χ0v) is 19.7. The number of ether oxygens (including phenoxy) is 2. The van der Waals surface area contributed by atoms with Crippen LogP contribution in [0.3, 0.4) is 0 Å². The second-order valence-corrected chi connectivity index (χ2v) is 8.86. The van der Waals surface area contributed by atoms with Crippen LogP contribution in [-0.2, 0) is 23.9 Å². The highest BCUT2D eigenvalue weighted by Crippen LogP contribution is 2.24. The van der Waals surface area contributed by atoms with Crippen molar-refractivity contribution in [3.63, 3.8) is 0 Å². The molecule has 2 aliphatic heterocycles. The van der Waals surface area contributed by atoms with Gasteiger partial charge in [-0.15, -0.1) is 0 Å². The minimum atomic E-state index is -0.875. The molecule has 8 heteroatoms. The molecule has 0 aliphatic carbocycles. The molecule has 0 bridgehead atoms. The third-order valence-electron chi connectivity index (χ3n) is 5.75. The standard InChI is InChI=1S/C25H35N3O5/c1-4-32-25(31)22-21(33-22)23(29)26-20(17-18(2)3)24(30)28-15-13-27(14-16-28)12-8-11-19-9-6-5-7-10-19/h5-11,18,20-22H,4,12-17H2,1-3H3,(H,26,29)/t20-,21-,22-/m0/s1. The van der Waals surface area contributed by atoms with E-state index in [0.717, 1.165) is 19.6 Å². The van der Waals surface area contributed by atoms with E-state index < -0.39 is 30.1 Å². The van der Waals surface area contributed by atoms with E-state index in [1.165, 1.54) is 5.56 Å². The number of esters is 1. The summed E-state index contributed by atoms with van der Waals surface area (Å²) >= 11 is 0. The van der Waals surface area contributed by atoms with Gasteiger partial charge in [0, 0.05) is 32.7 Å². The zero-order valence-electron chi connectivity index (χ0n) is 19.7. The number of carbonyl (C=O) groups is 3. The minimum absolute atomic E-state index is 0.0788. The summed E-state index contributed by atoms with van der Waals surface area (Å²) in [5.41, 5.74) is 1.17. The second-order valence-electron chi connectivity index (χ2n) is 8.86. The third kappa shape index (κ3) is 7.40. The van der Waals surface area contributed by atoms with Crippen molar-refractivity contribution in [3.05, 3.63) is 42.0 Å². The molecule has 0 spiro atoms. The predicted octanol–water partition coefficient (Wildman–Crippen LogP) is 1.71. The van der Waals surface area contributed by atoms with E-state index in [-0.39, 0.29) is 18.4 Å². The molecule has 2 amide bonds. The summed E-state index contributed by atoms with van der Waals surface area (Å²) in [5.74, 6) is -0.826. The van der Waals surface area contributed by atoms with Gasteiger partial charge in [0.2, 0.25) is 5.91 Å². The van der Waals surface area contributed by atoms with Gasteiger partial charge in [0.15, 0.2) is 12.2 Å². The average Bonchev–Trinajstić information content (AvgIpc) is 3.61. The average molecular weight is 458 g/mol. The van der Waals surface area contributed by atoms with Crippen LogP contribution in [0.1, 0.15) is 32.8 Å². The van der Waals surface area contributed by atoms with Crippen molar-refractivity contribution in [2.24, 2.45) is 5.92 Å². The number of carbonyl (C=O) groups excluding carboxylic acids is 3. The Labute approximate surface area is 195 Å². The van der Waals surface area contributed by atoms with Crippen molar-refractivity contribution >= 4 is 23.9 Å². The van der Waals surface area contributed by atoms with Crippen molar-refractivity contribution in [2.75, 3.05) is 39.3 Å². The van der Waals surface area contributed by atoms with Crippen molar-refractivity contribution in [3.8, 4) is 0 Å². The summed E-state index contributed by atoms with van der Waals surface area (Å²) in [4.78, 5) is 41.6. The van der Waals surface area contributed by atoms with Crippen LogP contribution in [0.5, 0.6) is 0 Å². The molecule has 0 aromatic heterocycles. The maximum Gasteiger partial charge on any atom is 0.338 e. The molecule has 3 atom stereocenters. The number of epoxide rings is 1. The van der Waals surface area contributed by atoms with Crippen LogP contribution in [0.25, 0.3) is 6.08 Å². The van der Waals surface area contributed by atoms with Crippen molar-refractivity contribution in [2.45, 2.75) is 45.4 Å². The lowest BCUT2D eigenvalue weighted by atomic mass is 10.0. The molecule has 1 aromatic carbocycles.